The lowest BCUT2D eigenvalue weighted by Gasteiger charge is -2.04. The molecule has 0 aromatic heterocycles. The molecule has 0 N–H and O–H groups in total. The van der Waals surface area contributed by atoms with Gasteiger partial charge in [-0.25, -0.2) is 0 Å². The second-order valence-corrected chi connectivity index (χ2v) is 6.39. The van der Waals surface area contributed by atoms with Gasteiger partial charge in [-0.1, -0.05) is 31.2 Å². The van der Waals surface area contributed by atoms with E-state index in [1.807, 2.05) is 24.3 Å². The number of hydrogen-bond donors (Lipinski definition) is 0. The Bertz CT molecular complexity index is 873. The highest BCUT2D eigenvalue weighted by molar-refractivity contribution is 6.14. The van der Waals surface area contributed by atoms with Crippen LogP contribution in [0.1, 0.15) is 41.3 Å². The number of ether oxygens (including phenoxy) is 2. The molecule has 0 spiro atoms. The minimum absolute atomic E-state index is 0.0253. The molecule has 2 aliphatic rings. The normalized spacial score (nSPS) is 17.3. The van der Waals surface area contributed by atoms with Crippen LogP contribution in [0.3, 0.4) is 0 Å². The van der Waals surface area contributed by atoms with Gasteiger partial charge in [0.2, 0.25) is 5.78 Å². The highest BCUT2D eigenvalue weighted by Crippen LogP contribution is 2.36. The highest BCUT2D eigenvalue weighted by atomic mass is 16.5. The molecule has 0 amide bonds. The minimum Gasteiger partial charge on any atom is -0.452 e. The summed E-state index contributed by atoms with van der Waals surface area (Å²) in [5.74, 6) is 0.785. The first-order valence-electron chi connectivity index (χ1n) is 8.53. The number of hydrogen-bond acceptors (Lipinski definition) is 4. The Morgan fingerprint density at radius 1 is 1.20 bits per heavy atom. The van der Waals surface area contributed by atoms with Gasteiger partial charge < -0.3 is 9.47 Å². The molecular formula is C21H18O4. The predicted octanol–water partition coefficient (Wildman–Crippen LogP) is 4.18. The fraction of sp³-hybridized carbons (Fsp3) is 0.238. The van der Waals surface area contributed by atoms with E-state index in [2.05, 4.69) is 6.92 Å². The molecule has 2 aromatic rings. The van der Waals surface area contributed by atoms with Gasteiger partial charge in [0.15, 0.2) is 5.76 Å². The van der Waals surface area contributed by atoms with Crippen LogP contribution in [0.5, 0.6) is 11.5 Å². The number of benzene rings is 2. The third-order valence-corrected chi connectivity index (χ3v) is 4.46. The zero-order valence-electron chi connectivity index (χ0n) is 14.0. The van der Waals surface area contributed by atoms with E-state index in [-0.39, 0.29) is 23.4 Å². The second kappa shape index (κ2) is 6.20. The van der Waals surface area contributed by atoms with Gasteiger partial charge in [-0.2, -0.15) is 0 Å². The van der Waals surface area contributed by atoms with Crippen LogP contribution >= 0.6 is 0 Å². The molecule has 126 valence electrons. The number of carbonyl (C=O) groups excluding carboxylic acids is 2. The maximum absolute atomic E-state index is 12.5. The van der Waals surface area contributed by atoms with Crippen molar-refractivity contribution in [1.82, 2.24) is 0 Å². The lowest BCUT2D eigenvalue weighted by atomic mass is 10.1. The Hall–Kier alpha value is -2.88. The molecule has 1 aliphatic carbocycles. The molecule has 0 radical (unpaired) electrons. The summed E-state index contributed by atoms with van der Waals surface area (Å²) in [5, 5.41) is 0. The van der Waals surface area contributed by atoms with Crippen LogP contribution in [0.4, 0.5) is 0 Å². The number of ketones is 1. The number of esters is 1. The van der Waals surface area contributed by atoms with Crippen LogP contribution in [0, 0.1) is 5.92 Å². The maximum Gasteiger partial charge on any atom is 0.314 e. The van der Waals surface area contributed by atoms with Crippen molar-refractivity contribution in [2.24, 2.45) is 5.92 Å². The monoisotopic (exact) mass is 334 g/mol. The van der Waals surface area contributed by atoms with E-state index in [1.54, 1.807) is 24.3 Å². The van der Waals surface area contributed by atoms with Crippen molar-refractivity contribution in [2.45, 2.75) is 26.2 Å². The summed E-state index contributed by atoms with van der Waals surface area (Å²) >= 11 is 0. The number of rotatable bonds is 4. The van der Waals surface area contributed by atoms with Gasteiger partial charge in [0.25, 0.3) is 0 Å². The van der Waals surface area contributed by atoms with Gasteiger partial charge in [-0.3, -0.25) is 9.59 Å². The van der Waals surface area contributed by atoms with E-state index in [1.165, 1.54) is 5.56 Å². The first-order chi connectivity index (χ1) is 12.1. The van der Waals surface area contributed by atoms with Crippen LogP contribution < -0.4 is 9.47 Å². The first kappa shape index (κ1) is 15.6. The molecule has 1 saturated carbocycles. The van der Waals surface area contributed by atoms with Crippen LogP contribution in [0.2, 0.25) is 0 Å². The third kappa shape index (κ3) is 3.20. The smallest absolute Gasteiger partial charge is 0.314 e. The standard InChI is InChI=1S/C21H18O4/c1-2-13-3-5-14(6-4-13)11-19-20(22)17-10-9-16(12-18(17)25-19)24-21(23)15-7-8-15/h3-6,9-12,15H,2,7-8H2,1H3/b19-11+. The molecule has 1 heterocycles. The van der Waals surface area contributed by atoms with Crippen LogP contribution in [-0.2, 0) is 11.2 Å². The summed E-state index contributed by atoms with van der Waals surface area (Å²) in [6, 6.07) is 12.9. The van der Waals surface area contributed by atoms with Gasteiger partial charge in [-0.05, 0) is 48.6 Å². The van der Waals surface area contributed by atoms with E-state index in [9.17, 15) is 9.59 Å². The van der Waals surface area contributed by atoms with Gasteiger partial charge >= 0.3 is 5.97 Å². The Labute approximate surface area is 146 Å². The summed E-state index contributed by atoms with van der Waals surface area (Å²) < 4.78 is 11.0. The summed E-state index contributed by atoms with van der Waals surface area (Å²) in [6.45, 7) is 2.10. The lowest BCUT2D eigenvalue weighted by Crippen LogP contribution is -2.09. The SMILES string of the molecule is CCc1ccc(/C=C2/Oc3cc(OC(=O)C4CC4)ccc3C2=O)cc1. The van der Waals surface area contributed by atoms with E-state index >= 15 is 0 Å². The van der Waals surface area contributed by atoms with Gasteiger partial charge in [-0.15, -0.1) is 0 Å². The van der Waals surface area contributed by atoms with E-state index in [4.69, 9.17) is 9.47 Å². The average Bonchev–Trinajstić information content (AvgIpc) is 3.42. The molecule has 0 unspecified atom stereocenters. The minimum atomic E-state index is -0.212. The van der Waals surface area contributed by atoms with Crippen molar-refractivity contribution in [3.05, 3.63) is 64.9 Å². The molecule has 4 nitrogen and oxygen atoms in total. The topological polar surface area (TPSA) is 52.6 Å². The highest BCUT2D eigenvalue weighted by Gasteiger charge is 2.32. The fourth-order valence-corrected chi connectivity index (χ4v) is 2.75. The van der Waals surface area contributed by atoms with Crippen LogP contribution in [0.25, 0.3) is 6.08 Å². The van der Waals surface area contributed by atoms with Crippen molar-refractivity contribution in [2.75, 3.05) is 0 Å². The van der Waals surface area contributed by atoms with E-state index < -0.39 is 0 Å². The number of Topliss-reactive ketones (excluding diaryl/α,β-unsaturated/α-hetero) is 1. The molecule has 2 aromatic carbocycles. The average molecular weight is 334 g/mol. The second-order valence-electron chi connectivity index (χ2n) is 6.39. The number of fused-ring (bicyclic) bond motifs is 1. The molecule has 4 rings (SSSR count). The van der Waals surface area contributed by atoms with Gasteiger partial charge in [0.05, 0.1) is 11.5 Å². The largest absolute Gasteiger partial charge is 0.452 e. The lowest BCUT2D eigenvalue weighted by molar-refractivity contribution is -0.135. The molecule has 0 bridgehead atoms. The van der Waals surface area contributed by atoms with Crippen molar-refractivity contribution in [3.63, 3.8) is 0 Å². The van der Waals surface area contributed by atoms with Crippen molar-refractivity contribution < 1.29 is 19.1 Å². The molecule has 4 heteroatoms. The van der Waals surface area contributed by atoms with Gasteiger partial charge in [0, 0.05) is 6.07 Å². The zero-order valence-corrected chi connectivity index (χ0v) is 14.0. The zero-order chi connectivity index (χ0) is 17.4. The van der Waals surface area contributed by atoms with Crippen molar-refractivity contribution in [3.8, 4) is 11.5 Å². The quantitative estimate of drug-likeness (QED) is 0.478. The summed E-state index contributed by atoms with van der Waals surface area (Å²) in [6.07, 6.45) is 4.49. The maximum atomic E-state index is 12.5. The van der Waals surface area contributed by atoms with Crippen LogP contribution in [-0.4, -0.2) is 11.8 Å². The first-order valence-corrected chi connectivity index (χ1v) is 8.53. The van der Waals surface area contributed by atoms with Crippen LogP contribution in [0.15, 0.2) is 48.2 Å². The van der Waals surface area contributed by atoms with Gasteiger partial charge in [0.1, 0.15) is 11.5 Å². The molecule has 1 fully saturated rings. The Kier molecular flexibility index (Phi) is 3.88. The molecule has 25 heavy (non-hydrogen) atoms. The van der Waals surface area contributed by atoms with E-state index in [0.29, 0.717) is 17.1 Å². The Morgan fingerprint density at radius 3 is 2.64 bits per heavy atom. The fourth-order valence-electron chi connectivity index (χ4n) is 2.75. The molecule has 0 atom stereocenters. The molecule has 0 saturated heterocycles. The summed E-state index contributed by atoms with van der Waals surface area (Å²) in [5.41, 5.74) is 2.64. The predicted molar refractivity (Wildman–Crippen MR) is 93.6 cm³/mol. The van der Waals surface area contributed by atoms with E-state index in [0.717, 1.165) is 24.8 Å². The number of carbonyl (C=O) groups is 2. The Balaban J connectivity index is 1.55. The molecular weight excluding hydrogens is 316 g/mol. The molecule has 1 aliphatic heterocycles. The summed E-state index contributed by atoms with van der Waals surface area (Å²) in [4.78, 5) is 24.2. The number of aryl methyl sites for hydroxylation is 1. The summed E-state index contributed by atoms with van der Waals surface area (Å²) in [7, 11) is 0. The third-order valence-electron chi connectivity index (χ3n) is 4.46. The Morgan fingerprint density at radius 2 is 1.96 bits per heavy atom. The van der Waals surface area contributed by atoms with Crippen molar-refractivity contribution >= 4 is 17.8 Å². The number of allylic oxidation sites excluding steroid dienone is 1. The van der Waals surface area contributed by atoms with Crippen molar-refractivity contribution in [1.29, 1.82) is 0 Å².